The topological polar surface area (TPSA) is 95.9 Å². The number of carboxylic acids is 1. The van der Waals surface area contributed by atoms with Gasteiger partial charge in [0.25, 0.3) is 0 Å². The summed E-state index contributed by atoms with van der Waals surface area (Å²) in [5.41, 5.74) is 0.317. The molecule has 1 aromatic carbocycles. The fourth-order valence-corrected chi connectivity index (χ4v) is 2.17. The quantitative estimate of drug-likeness (QED) is 0.842. The Morgan fingerprint density at radius 3 is 2.76 bits per heavy atom. The SMILES string of the molecule is COc1ccc(C(=O)O)cc1NC(=O)CN1CCCC1=O. The van der Waals surface area contributed by atoms with E-state index in [4.69, 9.17) is 9.84 Å². The minimum absolute atomic E-state index is 0.0424. The zero-order chi connectivity index (χ0) is 15.4. The number of nitrogens with zero attached hydrogens (tertiary/aromatic N) is 1. The van der Waals surface area contributed by atoms with Crippen molar-refractivity contribution in [3.05, 3.63) is 23.8 Å². The summed E-state index contributed by atoms with van der Waals surface area (Å²) < 4.78 is 5.08. The van der Waals surface area contributed by atoms with E-state index in [2.05, 4.69) is 5.32 Å². The second-order valence-corrected chi connectivity index (χ2v) is 4.69. The minimum atomic E-state index is -1.09. The zero-order valence-corrected chi connectivity index (χ0v) is 11.6. The van der Waals surface area contributed by atoms with Crippen molar-refractivity contribution >= 4 is 23.5 Å². The van der Waals surface area contributed by atoms with Crippen LogP contribution in [0.2, 0.25) is 0 Å². The monoisotopic (exact) mass is 292 g/mol. The van der Waals surface area contributed by atoms with Crippen LogP contribution in [0.25, 0.3) is 0 Å². The zero-order valence-electron chi connectivity index (χ0n) is 11.6. The molecule has 21 heavy (non-hydrogen) atoms. The first-order valence-electron chi connectivity index (χ1n) is 6.50. The van der Waals surface area contributed by atoms with Crippen molar-refractivity contribution in [2.75, 3.05) is 25.5 Å². The van der Waals surface area contributed by atoms with E-state index in [9.17, 15) is 14.4 Å². The number of hydrogen-bond donors (Lipinski definition) is 2. The average molecular weight is 292 g/mol. The largest absolute Gasteiger partial charge is 0.495 e. The standard InChI is InChI=1S/C14H16N2O5/c1-21-11-5-4-9(14(19)20)7-10(11)15-12(17)8-16-6-2-3-13(16)18/h4-5,7H,2-3,6,8H2,1H3,(H,15,17)(H,19,20). The predicted molar refractivity (Wildman–Crippen MR) is 74.4 cm³/mol. The van der Waals surface area contributed by atoms with Gasteiger partial charge < -0.3 is 20.1 Å². The number of carbonyl (C=O) groups excluding carboxylic acids is 2. The van der Waals surface area contributed by atoms with Gasteiger partial charge >= 0.3 is 5.97 Å². The van der Waals surface area contributed by atoms with Crippen molar-refractivity contribution in [1.29, 1.82) is 0 Å². The van der Waals surface area contributed by atoms with E-state index in [1.807, 2.05) is 0 Å². The fraction of sp³-hybridized carbons (Fsp3) is 0.357. The Bertz CT molecular complexity index is 585. The van der Waals surface area contributed by atoms with Crippen molar-refractivity contribution in [2.45, 2.75) is 12.8 Å². The molecule has 0 atom stereocenters. The molecule has 1 fully saturated rings. The summed E-state index contributed by atoms with van der Waals surface area (Å²) >= 11 is 0. The van der Waals surface area contributed by atoms with Crippen LogP contribution in [0.3, 0.4) is 0 Å². The molecule has 1 saturated heterocycles. The van der Waals surface area contributed by atoms with Gasteiger partial charge in [0.2, 0.25) is 11.8 Å². The predicted octanol–water partition coefficient (Wildman–Crippen LogP) is 0.954. The molecule has 0 unspecified atom stereocenters. The van der Waals surface area contributed by atoms with Gasteiger partial charge in [0, 0.05) is 13.0 Å². The number of nitrogens with one attached hydrogen (secondary N) is 1. The molecule has 7 heteroatoms. The molecule has 0 aromatic heterocycles. The third-order valence-corrected chi connectivity index (χ3v) is 3.23. The molecular formula is C14H16N2O5. The van der Waals surface area contributed by atoms with E-state index in [1.54, 1.807) is 0 Å². The van der Waals surface area contributed by atoms with Gasteiger partial charge in [-0.05, 0) is 24.6 Å². The van der Waals surface area contributed by atoms with Crippen LogP contribution in [-0.4, -0.2) is 48.0 Å². The summed E-state index contributed by atoms with van der Waals surface area (Å²) in [6.45, 7) is 0.526. The van der Waals surface area contributed by atoms with Crippen LogP contribution in [-0.2, 0) is 9.59 Å². The molecule has 2 N–H and O–H groups in total. The van der Waals surface area contributed by atoms with Crippen molar-refractivity contribution < 1.29 is 24.2 Å². The Morgan fingerprint density at radius 2 is 2.19 bits per heavy atom. The third-order valence-electron chi connectivity index (χ3n) is 3.23. The Kier molecular flexibility index (Phi) is 4.42. The lowest BCUT2D eigenvalue weighted by Gasteiger charge is -2.16. The number of carboxylic acid groups (broad SMARTS) is 1. The molecule has 0 bridgehead atoms. The fourth-order valence-electron chi connectivity index (χ4n) is 2.17. The van der Waals surface area contributed by atoms with Crippen LogP contribution >= 0.6 is 0 Å². The molecule has 0 aliphatic carbocycles. The maximum Gasteiger partial charge on any atom is 0.335 e. The molecule has 1 aliphatic rings. The van der Waals surface area contributed by atoms with Crippen molar-refractivity contribution in [2.24, 2.45) is 0 Å². The van der Waals surface area contributed by atoms with Gasteiger partial charge in [-0.25, -0.2) is 4.79 Å². The molecular weight excluding hydrogens is 276 g/mol. The summed E-state index contributed by atoms with van der Waals surface area (Å²) in [5.74, 6) is -1.16. The number of hydrogen-bond acceptors (Lipinski definition) is 4. The third kappa shape index (κ3) is 3.50. The maximum absolute atomic E-state index is 12.0. The molecule has 7 nitrogen and oxygen atoms in total. The Morgan fingerprint density at radius 1 is 1.43 bits per heavy atom. The van der Waals surface area contributed by atoms with Gasteiger partial charge in [0.05, 0.1) is 24.9 Å². The van der Waals surface area contributed by atoms with Crippen molar-refractivity contribution in [3.8, 4) is 5.75 Å². The van der Waals surface area contributed by atoms with Crippen LogP contribution in [0.1, 0.15) is 23.2 Å². The highest BCUT2D eigenvalue weighted by molar-refractivity contribution is 5.97. The Balaban J connectivity index is 2.10. The normalized spacial score (nSPS) is 14.1. The van der Waals surface area contributed by atoms with Crippen LogP contribution in [0.5, 0.6) is 5.75 Å². The molecule has 0 radical (unpaired) electrons. The second-order valence-electron chi connectivity index (χ2n) is 4.69. The van der Waals surface area contributed by atoms with Gasteiger partial charge in [-0.15, -0.1) is 0 Å². The lowest BCUT2D eigenvalue weighted by Crippen LogP contribution is -2.34. The van der Waals surface area contributed by atoms with E-state index in [1.165, 1.54) is 30.2 Å². The number of likely N-dealkylation sites (tertiary alicyclic amines) is 1. The van der Waals surface area contributed by atoms with Gasteiger partial charge in [0.1, 0.15) is 5.75 Å². The number of anilines is 1. The van der Waals surface area contributed by atoms with E-state index < -0.39 is 5.97 Å². The lowest BCUT2D eigenvalue weighted by atomic mass is 10.2. The number of amides is 2. The smallest absolute Gasteiger partial charge is 0.335 e. The summed E-state index contributed by atoms with van der Waals surface area (Å²) in [6, 6.07) is 4.19. The van der Waals surface area contributed by atoms with Crippen molar-refractivity contribution in [1.82, 2.24) is 4.90 Å². The summed E-state index contributed by atoms with van der Waals surface area (Å²) in [5, 5.41) is 11.5. The number of rotatable bonds is 5. The molecule has 1 heterocycles. The Hall–Kier alpha value is -2.57. The van der Waals surface area contributed by atoms with Crippen LogP contribution in [0.4, 0.5) is 5.69 Å². The molecule has 2 amide bonds. The van der Waals surface area contributed by atoms with E-state index in [0.29, 0.717) is 18.7 Å². The minimum Gasteiger partial charge on any atom is -0.495 e. The number of ether oxygens (including phenoxy) is 1. The van der Waals surface area contributed by atoms with E-state index >= 15 is 0 Å². The highest BCUT2D eigenvalue weighted by Crippen LogP contribution is 2.25. The molecule has 1 aliphatic heterocycles. The number of carbonyl (C=O) groups is 3. The highest BCUT2D eigenvalue weighted by Gasteiger charge is 2.22. The van der Waals surface area contributed by atoms with E-state index in [-0.39, 0.29) is 29.6 Å². The lowest BCUT2D eigenvalue weighted by molar-refractivity contribution is -0.131. The van der Waals surface area contributed by atoms with Crippen LogP contribution in [0.15, 0.2) is 18.2 Å². The van der Waals surface area contributed by atoms with Gasteiger partial charge in [-0.1, -0.05) is 0 Å². The molecule has 1 aromatic rings. The summed E-state index contributed by atoms with van der Waals surface area (Å²) in [6.07, 6.45) is 1.22. The highest BCUT2D eigenvalue weighted by atomic mass is 16.5. The number of benzene rings is 1. The van der Waals surface area contributed by atoms with Gasteiger partial charge in [0.15, 0.2) is 0 Å². The number of aromatic carboxylic acids is 1. The molecule has 112 valence electrons. The summed E-state index contributed by atoms with van der Waals surface area (Å²) in [4.78, 5) is 35.9. The van der Waals surface area contributed by atoms with Gasteiger partial charge in [-0.3, -0.25) is 9.59 Å². The van der Waals surface area contributed by atoms with E-state index in [0.717, 1.165) is 6.42 Å². The average Bonchev–Trinajstić information content (AvgIpc) is 2.84. The molecule has 0 saturated carbocycles. The Labute approximate surface area is 121 Å². The summed E-state index contributed by atoms with van der Waals surface area (Å²) in [7, 11) is 1.43. The van der Waals surface area contributed by atoms with Crippen LogP contribution < -0.4 is 10.1 Å². The first-order chi connectivity index (χ1) is 10.0. The van der Waals surface area contributed by atoms with Crippen molar-refractivity contribution in [3.63, 3.8) is 0 Å². The molecule has 2 rings (SSSR count). The molecule has 0 spiro atoms. The van der Waals surface area contributed by atoms with Crippen LogP contribution in [0, 0.1) is 0 Å². The number of methoxy groups -OCH3 is 1. The maximum atomic E-state index is 12.0. The first kappa shape index (κ1) is 14.8. The first-order valence-corrected chi connectivity index (χ1v) is 6.50. The van der Waals surface area contributed by atoms with Gasteiger partial charge in [-0.2, -0.15) is 0 Å². The second kappa shape index (κ2) is 6.25.